The Hall–Kier alpha value is -3.11. The molecule has 0 bridgehead atoms. The number of rotatable bonds is 6. The molecule has 1 aliphatic rings. The van der Waals surface area contributed by atoms with Crippen LogP contribution in [-0.4, -0.2) is 42.1 Å². The highest BCUT2D eigenvalue weighted by atomic mass is 32.2. The van der Waals surface area contributed by atoms with Crippen LogP contribution in [0.1, 0.15) is 30.5 Å². The van der Waals surface area contributed by atoms with E-state index in [4.69, 9.17) is 5.26 Å². The largest absolute Gasteiger partial charge is 0.348 e. The number of fused-ring (bicyclic) bond motifs is 1. The van der Waals surface area contributed by atoms with E-state index in [1.54, 1.807) is 23.1 Å². The molecule has 160 valence electrons. The van der Waals surface area contributed by atoms with E-state index in [9.17, 15) is 13.2 Å². The Morgan fingerprint density at radius 1 is 1.16 bits per heavy atom. The SMILES string of the molecule is Cn1c(CCC2CCCN2C(=O)CS(=O)(=O)c2ccccc2)cc2ccc(C#N)cc21. The summed E-state index contributed by atoms with van der Waals surface area (Å²) in [6.07, 6.45) is 3.35. The van der Waals surface area contributed by atoms with Crippen molar-refractivity contribution in [3.8, 4) is 6.07 Å². The minimum Gasteiger partial charge on any atom is -0.348 e. The van der Waals surface area contributed by atoms with Gasteiger partial charge in [0.2, 0.25) is 5.91 Å². The summed E-state index contributed by atoms with van der Waals surface area (Å²) in [6.45, 7) is 0.606. The summed E-state index contributed by atoms with van der Waals surface area (Å²) in [5, 5.41) is 10.2. The third-order valence-electron chi connectivity index (χ3n) is 6.12. The maximum absolute atomic E-state index is 12.8. The van der Waals surface area contributed by atoms with Gasteiger partial charge in [-0.25, -0.2) is 8.42 Å². The van der Waals surface area contributed by atoms with Gasteiger partial charge in [-0.3, -0.25) is 4.79 Å². The lowest BCUT2D eigenvalue weighted by Gasteiger charge is -2.25. The van der Waals surface area contributed by atoms with Gasteiger partial charge >= 0.3 is 0 Å². The first-order chi connectivity index (χ1) is 14.9. The number of aromatic nitrogens is 1. The highest BCUT2D eigenvalue weighted by Gasteiger charge is 2.31. The van der Waals surface area contributed by atoms with E-state index in [1.807, 2.05) is 25.2 Å². The van der Waals surface area contributed by atoms with E-state index < -0.39 is 15.6 Å². The number of carbonyl (C=O) groups is 1. The number of sulfone groups is 1. The molecule has 1 aliphatic heterocycles. The van der Waals surface area contributed by atoms with Gasteiger partial charge < -0.3 is 9.47 Å². The first kappa shape index (κ1) is 21.1. The van der Waals surface area contributed by atoms with Crippen LogP contribution in [0, 0.1) is 11.3 Å². The third kappa shape index (κ3) is 4.35. The summed E-state index contributed by atoms with van der Waals surface area (Å²) < 4.78 is 27.3. The van der Waals surface area contributed by atoms with Crippen molar-refractivity contribution in [1.82, 2.24) is 9.47 Å². The number of aryl methyl sites for hydroxylation is 2. The average Bonchev–Trinajstić information content (AvgIpc) is 3.37. The van der Waals surface area contributed by atoms with E-state index in [0.29, 0.717) is 12.1 Å². The number of carbonyl (C=O) groups excluding carboxylic acids is 1. The lowest BCUT2D eigenvalue weighted by atomic mass is 10.1. The molecule has 1 saturated heterocycles. The summed E-state index contributed by atoms with van der Waals surface area (Å²) in [7, 11) is -1.65. The number of nitriles is 1. The monoisotopic (exact) mass is 435 g/mol. The van der Waals surface area contributed by atoms with Gasteiger partial charge in [0.1, 0.15) is 5.75 Å². The molecular weight excluding hydrogens is 410 g/mol. The van der Waals surface area contributed by atoms with Crippen LogP contribution in [-0.2, 0) is 28.1 Å². The Morgan fingerprint density at radius 2 is 1.94 bits per heavy atom. The van der Waals surface area contributed by atoms with Gasteiger partial charge in [0.15, 0.2) is 9.84 Å². The highest BCUT2D eigenvalue weighted by Crippen LogP contribution is 2.26. The van der Waals surface area contributed by atoms with E-state index in [-0.39, 0.29) is 16.8 Å². The Kier molecular flexibility index (Phi) is 5.84. The smallest absolute Gasteiger partial charge is 0.238 e. The van der Waals surface area contributed by atoms with Crippen molar-refractivity contribution in [3.05, 3.63) is 65.9 Å². The quantitative estimate of drug-likeness (QED) is 0.594. The molecule has 1 amide bonds. The topological polar surface area (TPSA) is 83.2 Å². The Bertz CT molecular complexity index is 1260. The molecule has 0 saturated carbocycles. The Morgan fingerprint density at radius 3 is 2.68 bits per heavy atom. The summed E-state index contributed by atoms with van der Waals surface area (Å²) in [6, 6.07) is 18.2. The van der Waals surface area contributed by atoms with Crippen LogP contribution in [0.5, 0.6) is 0 Å². The van der Waals surface area contributed by atoms with Crippen LogP contribution in [0.3, 0.4) is 0 Å². The lowest BCUT2D eigenvalue weighted by Crippen LogP contribution is -2.39. The Labute approximate surface area is 182 Å². The van der Waals surface area contributed by atoms with Crippen molar-refractivity contribution in [2.45, 2.75) is 36.6 Å². The Balaban J connectivity index is 1.45. The number of hydrogen-bond acceptors (Lipinski definition) is 4. The molecule has 6 nitrogen and oxygen atoms in total. The fourth-order valence-corrected chi connectivity index (χ4v) is 5.66. The first-order valence-electron chi connectivity index (χ1n) is 10.4. The van der Waals surface area contributed by atoms with Gasteiger partial charge in [-0.05, 0) is 61.4 Å². The first-order valence-corrected chi connectivity index (χ1v) is 12.1. The van der Waals surface area contributed by atoms with E-state index in [2.05, 4.69) is 16.7 Å². The molecule has 2 heterocycles. The van der Waals surface area contributed by atoms with Gasteiger partial charge in [-0.1, -0.05) is 24.3 Å². The van der Waals surface area contributed by atoms with Crippen molar-refractivity contribution < 1.29 is 13.2 Å². The fraction of sp³-hybridized carbons (Fsp3) is 0.333. The van der Waals surface area contributed by atoms with Gasteiger partial charge in [0.25, 0.3) is 0 Å². The van der Waals surface area contributed by atoms with Gasteiger partial charge in [0.05, 0.1) is 16.5 Å². The number of benzene rings is 2. The van der Waals surface area contributed by atoms with Crippen LogP contribution in [0.4, 0.5) is 0 Å². The molecule has 0 N–H and O–H groups in total. The molecule has 1 fully saturated rings. The molecule has 2 aromatic carbocycles. The maximum Gasteiger partial charge on any atom is 0.238 e. The lowest BCUT2D eigenvalue weighted by molar-refractivity contribution is -0.129. The van der Waals surface area contributed by atoms with E-state index >= 15 is 0 Å². The average molecular weight is 436 g/mol. The zero-order chi connectivity index (χ0) is 22.0. The highest BCUT2D eigenvalue weighted by molar-refractivity contribution is 7.92. The number of amides is 1. The molecule has 0 spiro atoms. The predicted octanol–water partition coefficient (Wildman–Crippen LogP) is 3.45. The molecule has 1 aromatic heterocycles. The molecule has 4 rings (SSSR count). The molecule has 7 heteroatoms. The predicted molar refractivity (Wildman–Crippen MR) is 119 cm³/mol. The molecule has 31 heavy (non-hydrogen) atoms. The summed E-state index contributed by atoms with van der Waals surface area (Å²) in [4.78, 5) is 14.8. The second-order valence-electron chi connectivity index (χ2n) is 8.07. The van der Waals surface area contributed by atoms with Crippen molar-refractivity contribution in [2.75, 3.05) is 12.3 Å². The van der Waals surface area contributed by atoms with Gasteiger partial charge in [-0.15, -0.1) is 0 Å². The standard InChI is InChI=1S/C24H25N3O3S/c1-26-21(15-19-10-9-18(16-25)14-23(19)26)12-11-20-6-5-13-27(20)24(28)17-31(29,30)22-7-3-2-4-8-22/h2-4,7-10,14-15,20H,5-6,11-13,17H2,1H3. The van der Waals surface area contributed by atoms with Crippen molar-refractivity contribution in [1.29, 1.82) is 5.26 Å². The molecule has 0 aliphatic carbocycles. The van der Waals surface area contributed by atoms with Crippen molar-refractivity contribution in [3.63, 3.8) is 0 Å². The van der Waals surface area contributed by atoms with E-state index in [1.165, 1.54) is 12.1 Å². The second-order valence-corrected chi connectivity index (χ2v) is 10.1. The summed E-state index contributed by atoms with van der Waals surface area (Å²) in [5.74, 6) is -0.805. The fourth-order valence-electron chi connectivity index (χ4n) is 4.43. The number of nitrogens with zero attached hydrogens (tertiary/aromatic N) is 3. The minimum atomic E-state index is -3.64. The van der Waals surface area contributed by atoms with Crippen molar-refractivity contribution >= 4 is 26.6 Å². The van der Waals surface area contributed by atoms with E-state index in [0.717, 1.165) is 42.3 Å². The third-order valence-corrected chi connectivity index (χ3v) is 7.74. The van der Waals surface area contributed by atoms with Crippen LogP contribution >= 0.6 is 0 Å². The zero-order valence-electron chi connectivity index (χ0n) is 17.5. The molecule has 1 unspecified atom stereocenters. The molecule has 0 radical (unpaired) electrons. The van der Waals surface area contributed by atoms with Crippen LogP contribution in [0.15, 0.2) is 59.5 Å². The molecular formula is C24H25N3O3S. The normalized spacial score (nSPS) is 16.5. The van der Waals surface area contributed by atoms with Crippen LogP contribution in [0.25, 0.3) is 10.9 Å². The van der Waals surface area contributed by atoms with Gasteiger partial charge in [-0.2, -0.15) is 5.26 Å². The molecule has 3 aromatic rings. The van der Waals surface area contributed by atoms with Gasteiger partial charge in [0, 0.05) is 30.8 Å². The summed E-state index contributed by atoms with van der Waals surface area (Å²) in [5.41, 5.74) is 2.79. The van der Waals surface area contributed by atoms with Crippen LogP contribution in [0.2, 0.25) is 0 Å². The maximum atomic E-state index is 12.8. The number of likely N-dealkylation sites (tertiary alicyclic amines) is 1. The minimum absolute atomic E-state index is 0.0474. The van der Waals surface area contributed by atoms with Crippen LogP contribution < -0.4 is 0 Å². The number of hydrogen-bond donors (Lipinski definition) is 0. The zero-order valence-corrected chi connectivity index (χ0v) is 18.3. The summed E-state index contributed by atoms with van der Waals surface area (Å²) >= 11 is 0. The van der Waals surface area contributed by atoms with Crippen molar-refractivity contribution in [2.24, 2.45) is 7.05 Å². The molecule has 1 atom stereocenters. The second kappa shape index (κ2) is 8.56.